The van der Waals surface area contributed by atoms with Gasteiger partial charge in [0.15, 0.2) is 5.82 Å². The number of nitrogens with one attached hydrogen (secondary N) is 1. The molecule has 1 N–H and O–H groups in total. The van der Waals surface area contributed by atoms with Gasteiger partial charge in [0, 0.05) is 37.6 Å². The molecule has 20 heavy (non-hydrogen) atoms. The molecule has 2 aromatic rings. The molecular formula is C15H21N5. The van der Waals surface area contributed by atoms with Gasteiger partial charge in [0.05, 0.1) is 5.69 Å². The van der Waals surface area contributed by atoms with Gasteiger partial charge in [0.1, 0.15) is 5.52 Å². The molecule has 5 heteroatoms. The Morgan fingerprint density at radius 2 is 2.25 bits per heavy atom. The van der Waals surface area contributed by atoms with E-state index in [0.717, 1.165) is 36.2 Å². The van der Waals surface area contributed by atoms with E-state index in [9.17, 15) is 0 Å². The van der Waals surface area contributed by atoms with E-state index < -0.39 is 0 Å². The third-order valence-corrected chi connectivity index (χ3v) is 4.36. The molecule has 0 aromatic carbocycles. The van der Waals surface area contributed by atoms with Gasteiger partial charge in [-0.1, -0.05) is 0 Å². The third-order valence-electron chi connectivity index (χ3n) is 4.36. The van der Waals surface area contributed by atoms with Crippen LogP contribution in [0.4, 0.5) is 5.82 Å². The molecule has 4 rings (SSSR count). The molecule has 1 aliphatic carbocycles. The minimum absolute atomic E-state index is 0.574. The Morgan fingerprint density at radius 1 is 1.35 bits per heavy atom. The first-order chi connectivity index (χ1) is 9.81. The molecule has 106 valence electrons. The van der Waals surface area contributed by atoms with Crippen molar-refractivity contribution in [2.24, 2.45) is 0 Å². The summed E-state index contributed by atoms with van der Waals surface area (Å²) in [5, 5.41) is 8.15. The van der Waals surface area contributed by atoms with E-state index in [1.807, 2.05) is 23.8 Å². The first kappa shape index (κ1) is 12.1. The van der Waals surface area contributed by atoms with Crippen LogP contribution in [-0.2, 0) is 0 Å². The lowest BCUT2D eigenvalue weighted by molar-refractivity contribution is 0.569. The lowest BCUT2D eigenvalue weighted by Gasteiger charge is -2.26. The van der Waals surface area contributed by atoms with Crippen molar-refractivity contribution in [1.82, 2.24) is 19.9 Å². The van der Waals surface area contributed by atoms with Gasteiger partial charge in [0.2, 0.25) is 0 Å². The summed E-state index contributed by atoms with van der Waals surface area (Å²) < 4.78 is 1.95. The summed E-state index contributed by atoms with van der Waals surface area (Å²) in [6, 6.07) is 3.48. The minimum atomic E-state index is 0.574. The van der Waals surface area contributed by atoms with Crippen LogP contribution in [0.1, 0.15) is 31.4 Å². The number of fused-ring (bicyclic) bond motifs is 1. The van der Waals surface area contributed by atoms with Crippen LogP contribution in [0.3, 0.4) is 0 Å². The summed E-state index contributed by atoms with van der Waals surface area (Å²) in [6.45, 7) is 4.22. The van der Waals surface area contributed by atoms with Crippen LogP contribution in [0.5, 0.6) is 0 Å². The van der Waals surface area contributed by atoms with Crippen molar-refractivity contribution >= 4 is 11.3 Å². The number of hydrogen-bond donors (Lipinski definition) is 1. The zero-order chi connectivity index (χ0) is 13.5. The van der Waals surface area contributed by atoms with Crippen LogP contribution < -0.4 is 10.2 Å². The van der Waals surface area contributed by atoms with E-state index in [1.165, 1.54) is 25.7 Å². The Morgan fingerprint density at radius 3 is 3.10 bits per heavy atom. The lowest BCUT2D eigenvalue weighted by Crippen LogP contribution is -2.39. The van der Waals surface area contributed by atoms with Crippen LogP contribution in [0.15, 0.2) is 18.5 Å². The topological polar surface area (TPSA) is 45.5 Å². The van der Waals surface area contributed by atoms with Crippen molar-refractivity contribution in [3.63, 3.8) is 0 Å². The molecule has 1 saturated heterocycles. The maximum atomic E-state index is 4.63. The number of aryl methyl sites for hydroxylation is 1. The van der Waals surface area contributed by atoms with Crippen molar-refractivity contribution in [2.75, 3.05) is 18.0 Å². The van der Waals surface area contributed by atoms with Crippen LogP contribution in [0.2, 0.25) is 0 Å². The average Bonchev–Trinajstić information content (AvgIpc) is 3.01. The van der Waals surface area contributed by atoms with Crippen LogP contribution in [0.25, 0.3) is 5.52 Å². The van der Waals surface area contributed by atoms with Crippen molar-refractivity contribution in [1.29, 1.82) is 0 Å². The normalized spacial score (nSPS) is 22.9. The molecular weight excluding hydrogens is 250 g/mol. The molecule has 0 bridgehead atoms. The number of rotatable bonds is 4. The number of hydrogen-bond acceptors (Lipinski definition) is 4. The van der Waals surface area contributed by atoms with Gasteiger partial charge in [-0.25, -0.2) is 9.50 Å². The third kappa shape index (κ3) is 2.16. The van der Waals surface area contributed by atoms with Crippen LogP contribution in [-0.4, -0.2) is 39.8 Å². The molecule has 1 atom stereocenters. The summed E-state index contributed by atoms with van der Waals surface area (Å²) in [7, 11) is 0. The highest BCUT2D eigenvalue weighted by Crippen LogP contribution is 2.28. The first-order valence-electron chi connectivity index (χ1n) is 7.62. The van der Waals surface area contributed by atoms with Gasteiger partial charge in [-0.15, -0.1) is 0 Å². The summed E-state index contributed by atoms with van der Waals surface area (Å²) in [4.78, 5) is 7.10. The molecule has 0 amide bonds. The fraction of sp³-hybridized carbons (Fsp3) is 0.600. The van der Waals surface area contributed by atoms with E-state index in [1.54, 1.807) is 0 Å². The Bertz CT molecular complexity index is 616. The van der Waals surface area contributed by atoms with Crippen molar-refractivity contribution in [3.05, 3.63) is 24.2 Å². The molecule has 2 aliphatic rings. The van der Waals surface area contributed by atoms with Crippen molar-refractivity contribution < 1.29 is 0 Å². The van der Waals surface area contributed by atoms with Gasteiger partial charge in [0.25, 0.3) is 0 Å². The second kappa shape index (κ2) is 4.74. The second-order valence-corrected chi connectivity index (χ2v) is 6.04. The quantitative estimate of drug-likeness (QED) is 0.920. The monoisotopic (exact) mass is 271 g/mol. The zero-order valence-corrected chi connectivity index (χ0v) is 11.9. The number of anilines is 1. The smallest absolute Gasteiger partial charge is 0.154 e. The summed E-state index contributed by atoms with van der Waals surface area (Å²) in [6.07, 6.45) is 9.00. The van der Waals surface area contributed by atoms with E-state index >= 15 is 0 Å². The molecule has 0 spiro atoms. The SMILES string of the molecule is Cc1cc2c(N3CCCC3CNC3CC3)nccn2n1. The van der Waals surface area contributed by atoms with E-state index in [4.69, 9.17) is 0 Å². The Kier molecular flexibility index (Phi) is 2.88. The lowest BCUT2D eigenvalue weighted by atomic mass is 10.2. The Labute approximate surface area is 119 Å². The molecule has 3 heterocycles. The summed E-state index contributed by atoms with van der Waals surface area (Å²) in [5.41, 5.74) is 2.18. The fourth-order valence-corrected chi connectivity index (χ4v) is 3.17. The standard InChI is InChI=1S/C15H21N5/c1-11-9-14-15(16-6-8-20(14)18-11)19-7-2-3-13(19)10-17-12-4-5-12/h6,8-9,12-13,17H,2-5,7,10H2,1H3. The largest absolute Gasteiger partial charge is 0.351 e. The second-order valence-electron chi connectivity index (χ2n) is 6.04. The van der Waals surface area contributed by atoms with Crippen molar-refractivity contribution in [3.8, 4) is 0 Å². The van der Waals surface area contributed by atoms with Crippen LogP contribution >= 0.6 is 0 Å². The average molecular weight is 271 g/mol. The first-order valence-corrected chi connectivity index (χ1v) is 7.62. The number of aromatic nitrogens is 3. The molecule has 1 unspecified atom stereocenters. The molecule has 2 aromatic heterocycles. The number of nitrogens with zero attached hydrogens (tertiary/aromatic N) is 4. The summed E-state index contributed by atoms with van der Waals surface area (Å²) >= 11 is 0. The zero-order valence-electron chi connectivity index (χ0n) is 11.9. The van der Waals surface area contributed by atoms with Gasteiger partial charge in [-0.3, -0.25) is 0 Å². The van der Waals surface area contributed by atoms with Crippen LogP contribution in [0, 0.1) is 6.92 Å². The Balaban J connectivity index is 1.62. The highest BCUT2D eigenvalue weighted by molar-refractivity contribution is 5.69. The van der Waals surface area contributed by atoms with Gasteiger partial charge < -0.3 is 10.2 Å². The van der Waals surface area contributed by atoms with E-state index in [-0.39, 0.29) is 0 Å². The predicted octanol–water partition coefficient (Wildman–Crippen LogP) is 1.76. The Hall–Kier alpha value is -1.62. The minimum Gasteiger partial charge on any atom is -0.351 e. The highest BCUT2D eigenvalue weighted by atomic mass is 15.3. The molecule has 2 fully saturated rings. The van der Waals surface area contributed by atoms with E-state index in [2.05, 4.69) is 26.4 Å². The molecule has 1 aliphatic heterocycles. The van der Waals surface area contributed by atoms with Crippen molar-refractivity contribution in [2.45, 2.75) is 44.7 Å². The van der Waals surface area contributed by atoms with Gasteiger partial charge in [-0.05, 0) is 38.7 Å². The molecule has 0 radical (unpaired) electrons. The maximum Gasteiger partial charge on any atom is 0.154 e. The van der Waals surface area contributed by atoms with E-state index in [0.29, 0.717) is 6.04 Å². The fourth-order valence-electron chi connectivity index (χ4n) is 3.17. The highest BCUT2D eigenvalue weighted by Gasteiger charge is 2.29. The molecule has 5 nitrogen and oxygen atoms in total. The van der Waals surface area contributed by atoms with Gasteiger partial charge >= 0.3 is 0 Å². The maximum absolute atomic E-state index is 4.63. The molecule has 1 saturated carbocycles. The summed E-state index contributed by atoms with van der Waals surface area (Å²) in [5.74, 6) is 1.09. The predicted molar refractivity (Wildman–Crippen MR) is 79.1 cm³/mol. The van der Waals surface area contributed by atoms with Gasteiger partial charge in [-0.2, -0.15) is 5.10 Å².